The number of hydrogen-bond donors (Lipinski definition) is 2. The summed E-state index contributed by atoms with van der Waals surface area (Å²) in [4.78, 5) is 13.1. The molecule has 1 aromatic heterocycles. The Bertz CT molecular complexity index is 842. The van der Waals surface area contributed by atoms with Crippen molar-refractivity contribution in [2.24, 2.45) is 0 Å². The molecular weight excluding hydrogens is 348 g/mol. The number of hydrogen-bond acceptors (Lipinski definition) is 6. The third kappa shape index (κ3) is 4.01. The van der Waals surface area contributed by atoms with E-state index in [0.717, 1.165) is 0 Å². The van der Waals surface area contributed by atoms with E-state index >= 15 is 0 Å². The highest BCUT2D eigenvalue weighted by molar-refractivity contribution is 7.89. The van der Waals surface area contributed by atoms with Crippen molar-refractivity contribution < 1.29 is 27.5 Å². The van der Waals surface area contributed by atoms with E-state index in [4.69, 9.17) is 9.15 Å². The van der Waals surface area contributed by atoms with Crippen LogP contribution in [0.4, 0.5) is 5.69 Å². The maximum Gasteiger partial charge on any atom is 0.335 e. The Morgan fingerprint density at radius 2 is 2.00 bits per heavy atom. The molecule has 1 aliphatic rings. The fourth-order valence-corrected chi connectivity index (χ4v) is 3.83. The fourth-order valence-electron chi connectivity index (χ4n) is 2.58. The lowest BCUT2D eigenvalue weighted by molar-refractivity contribution is 0.0696. The van der Waals surface area contributed by atoms with Crippen LogP contribution in [0.2, 0.25) is 0 Å². The second-order valence-corrected chi connectivity index (χ2v) is 7.23. The summed E-state index contributed by atoms with van der Waals surface area (Å²) < 4.78 is 38.4. The third-order valence-corrected chi connectivity index (χ3v) is 5.29. The first kappa shape index (κ1) is 17.5. The summed E-state index contributed by atoms with van der Waals surface area (Å²) in [5.74, 6) is -0.720. The van der Waals surface area contributed by atoms with E-state index in [1.54, 1.807) is 12.1 Å². The molecule has 0 unspecified atom stereocenters. The quantitative estimate of drug-likeness (QED) is 0.793. The molecule has 134 valence electrons. The molecule has 0 atom stereocenters. The lowest BCUT2D eigenvalue weighted by atomic mass is 10.2. The van der Waals surface area contributed by atoms with Gasteiger partial charge in [0.05, 0.1) is 37.3 Å². The summed E-state index contributed by atoms with van der Waals surface area (Å²) in [6.45, 7) is 2.02. The van der Waals surface area contributed by atoms with Crippen molar-refractivity contribution in [1.29, 1.82) is 0 Å². The van der Waals surface area contributed by atoms with Crippen LogP contribution in [0.15, 0.2) is 45.9 Å². The molecule has 2 N–H and O–H groups in total. The first-order chi connectivity index (χ1) is 12.0. The van der Waals surface area contributed by atoms with Gasteiger partial charge in [-0.25, -0.2) is 17.9 Å². The predicted octanol–water partition coefficient (Wildman–Crippen LogP) is 1.29. The first-order valence-electron chi connectivity index (χ1n) is 7.69. The van der Waals surface area contributed by atoms with E-state index in [2.05, 4.69) is 4.72 Å². The number of nitrogens with zero attached hydrogens (tertiary/aromatic N) is 1. The lowest BCUT2D eigenvalue weighted by Crippen LogP contribution is -2.37. The Kier molecular flexibility index (Phi) is 5.07. The predicted molar refractivity (Wildman–Crippen MR) is 89.2 cm³/mol. The van der Waals surface area contributed by atoms with Crippen LogP contribution in [-0.4, -0.2) is 45.8 Å². The monoisotopic (exact) mass is 366 g/mol. The average Bonchev–Trinajstić information content (AvgIpc) is 3.14. The van der Waals surface area contributed by atoms with Crippen molar-refractivity contribution in [3.05, 3.63) is 47.9 Å². The SMILES string of the molecule is O=C(O)c1ccc(N2CCOCC2)c(S(=O)(=O)NCc2ccco2)c1. The Morgan fingerprint density at radius 3 is 2.64 bits per heavy atom. The molecule has 0 amide bonds. The topological polar surface area (TPSA) is 109 Å². The molecule has 8 nitrogen and oxygen atoms in total. The molecule has 2 heterocycles. The molecular formula is C16H18N2O6S. The third-order valence-electron chi connectivity index (χ3n) is 3.86. The molecule has 1 aromatic carbocycles. The van der Waals surface area contributed by atoms with Crippen LogP contribution in [0, 0.1) is 0 Å². The molecule has 0 saturated carbocycles. The van der Waals surface area contributed by atoms with Crippen molar-refractivity contribution in [3.8, 4) is 0 Å². The number of carboxylic acid groups (broad SMARTS) is 1. The van der Waals surface area contributed by atoms with Gasteiger partial charge in [0.15, 0.2) is 0 Å². The van der Waals surface area contributed by atoms with Crippen molar-refractivity contribution >= 4 is 21.7 Å². The van der Waals surface area contributed by atoms with Gasteiger partial charge in [0.25, 0.3) is 0 Å². The van der Waals surface area contributed by atoms with E-state index in [9.17, 15) is 18.3 Å². The minimum Gasteiger partial charge on any atom is -0.478 e. The molecule has 0 bridgehead atoms. The first-order valence-corrected chi connectivity index (χ1v) is 9.18. The normalized spacial score (nSPS) is 15.3. The smallest absolute Gasteiger partial charge is 0.335 e. The van der Waals surface area contributed by atoms with E-state index in [1.165, 1.54) is 24.5 Å². The second-order valence-electron chi connectivity index (χ2n) is 5.49. The highest BCUT2D eigenvalue weighted by Gasteiger charge is 2.25. The number of benzene rings is 1. The van der Waals surface area contributed by atoms with E-state index in [0.29, 0.717) is 37.8 Å². The Balaban J connectivity index is 1.95. The molecule has 25 heavy (non-hydrogen) atoms. The van der Waals surface area contributed by atoms with Crippen LogP contribution in [-0.2, 0) is 21.3 Å². The summed E-state index contributed by atoms with van der Waals surface area (Å²) in [5, 5.41) is 9.19. The fraction of sp³-hybridized carbons (Fsp3) is 0.312. The Morgan fingerprint density at radius 1 is 1.24 bits per heavy atom. The van der Waals surface area contributed by atoms with Crippen LogP contribution in [0.25, 0.3) is 0 Å². The van der Waals surface area contributed by atoms with Gasteiger partial charge in [-0.15, -0.1) is 0 Å². The number of ether oxygens (including phenoxy) is 1. The lowest BCUT2D eigenvalue weighted by Gasteiger charge is -2.30. The molecule has 1 saturated heterocycles. The second kappa shape index (κ2) is 7.26. The van der Waals surface area contributed by atoms with Crippen LogP contribution < -0.4 is 9.62 Å². The minimum absolute atomic E-state index is 0.0187. The number of furan rings is 1. The zero-order valence-electron chi connectivity index (χ0n) is 13.3. The molecule has 9 heteroatoms. The molecule has 2 aromatic rings. The molecule has 1 fully saturated rings. The molecule has 0 radical (unpaired) electrons. The summed E-state index contributed by atoms with van der Waals surface area (Å²) in [5.41, 5.74) is 0.371. The molecule has 0 aliphatic carbocycles. The summed E-state index contributed by atoms with van der Waals surface area (Å²) >= 11 is 0. The van der Waals surface area contributed by atoms with E-state index in [1.807, 2.05) is 4.90 Å². The van der Waals surface area contributed by atoms with Gasteiger partial charge >= 0.3 is 5.97 Å². The van der Waals surface area contributed by atoms with Crippen LogP contribution >= 0.6 is 0 Å². The van der Waals surface area contributed by atoms with Gasteiger partial charge in [0, 0.05) is 13.1 Å². The number of aromatic carboxylic acids is 1. The van der Waals surface area contributed by atoms with Crippen molar-refractivity contribution in [1.82, 2.24) is 4.72 Å². The maximum atomic E-state index is 12.8. The highest BCUT2D eigenvalue weighted by atomic mass is 32.2. The molecule has 1 aliphatic heterocycles. The van der Waals surface area contributed by atoms with Crippen LogP contribution in [0.3, 0.4) is 0 Å². The summed E-state index contributed by atoms with van der Waals surface area (Å²) in [6, 6.07) is 7.42. The van der Waals surface area contributed by atoms with Gasteiger partial charge in [-0.2, -0.15) is 0 Å². The van der Waals surface area contributed by atoms with Crippen molar-refractivity contribution in [2.45, 2.75) is 11.4 Å². The molecule has 0 spiro atoms. The van der Waals surface area contributed by atoms with Crippen LogP contribution in [0.1, 0.15) is 16.1 Å². The number of rotatable bonds is 6. The number of anilines is 1. The average molecular weight is 366 g/mol. The highest BCUT2D eigenvalue weighted by Crippen LogP contribution is 2.27. The number of sulfonamides is 1. The maximum absolute atomic E-state index is 12.8. The Hall–Kier alpha value is -2.36. The minimum atomic E-state index is -3.93. The van der Waals surface area contributed by atoms with E-state index in [-0.39, 0.29) is 17.0 Å². The zero-order chi connectivity index (χ0) is 17.9. The van der Waals surface area contributed by atoms with E-state index < -0.39 is 16.0 Å². The van der Waals surface area contributed by atoms with Gasteiger partial charge in [-0.05, 0) is 30.3 Å². The number of carbonyl (C=O) groups is 1. The Labute approximate surface area is 145 Å². The number of morpholine rings is 1. The standard InChI is InChI=1S/C16H18N2O6S/c19-16(20)12-3-4-14(18-5-8-23-9-6-18)15(10-12)25(21,22)17-11-13-2-1-7-24-13/h1-4,7,10,17H,5-6,8-9,11H2,(H,19,20). The number of carboxylic acids is 1. The van der Waals surface area contributed by atoms with Gasteiger partial charge in [-0.3, -0.25) is 0 Å². The van der Waals surface area contributed by atoms with Gasteiger partial charge in [-0.1, -0.05) is 0 Å². The molecule has 3 rings (SSSR count). The largest absolute Gasteiger partial charge is 0.478 e. The number of nitrogens with one attached hydrogen (secondary N) is 1. The van der Waals surface area contributed by atoms with Gasteiger partial charge in [0.2, 0.25) is 10.0 Å². The summed E-state index contributed by atoms with van der Waals surface area (Å²) in [7, 11) is -3.93. The van der Waals surface area contributed by atoms with Gasteiger partial charge in [0.1, 0.15) is 10.7 Å². The summed E-state index contributed by atoms with van der Waals surface area (Å²) in [6.07, 6.45) is 1.45. The van der Waals surface area contributed by atoms with Gasteiger partial charge < -0.3 is 19.2 Å². The van der Waals surface area contributed by atoms with Crippen molar-refractivity contribution in [2.75, 3.05) is 31.2 Å². The zero-order valence-corrected chi connectivity index (χ0v) is 14.2. The van der Waals surface area contributed by atoms with Crippen LogP contribution in [0.5, 0.6) is 0 Å². The van der Waals surface area contributed by atoms with Crippen molar-refractivity contribution in [3.63, 3.8) is 0 Å².